The Bertz CT molecular complexity index is 374. The molecule has 0 aliphatic carbocycles. The number of hydrogen-bond donors (Lipinski definition) is 0. The van der Waals surface area contributed by atoms with Gasteiger partial charge in [-0.25, -0.2) is 0 Å². The third-order valence-corrected chi connectivity index (χ3v) is 8.18. The van der Waals surface area contributed by atoms with E-state index >= 15 is 0 Å². The van der Waals surface area contributed by atoms with Crippen molar-refractivity contribution >= 4 is 19.9 Å². The van der Waals surface area contributed by atoms with Gasteiger partial charge in [0, 0.05) is 29.9 Å². The first-order chi connectivity index (χ1) is 7.72. The van der Waals surface area contributed by atoms with Gasteiger partial charge in [0.15, 0.2) is 8.32 Å². The highest BCUT2D eigenvalue weighted by Crippen LogP contribution is 2.36. The standard InChI is InChI=1S/C13H22ClNOSi/c1-13(2,3)17(4,5)16-9-7-12-10-11(14)6-8-15-12/h6,8,10H,7,9H2,1-5H3. The normalized spacial score (nSPS) is 12.8. The van der Waals surface area contributed by atoms with Gasteiger partial charge in [-0.05, 0) is 30.3 Å². The van der Waals surface area contributed by atoms with Crippen LogP contribution in [0.2, 0.25) is 23.2 Å². The fourth-order valence-corrected chi connectivity index (χ4v) is 2.44. The van der Waals surface area contributed by atoms with E-state index in [0.29, 0.717) is 0 Å². The van der Waals surface area contributed by atoms with Crippen molar-refractivity contribution in [3.63, 3.8) is 0 Å². The second-order valence-electron chi connectivity index (χ2n) is 5.82. The summed E-state index contributed by atoms with van der Waals surface area (Å²) in [5.74, 6) is 0. The third kappa shape index (κ3) is 4.41. The van der Waals surface area contributed by atoms with Gasteiger partial charge in [0.25, 0.3) is 0 Å². The van der Waals surface area contributed by atoms with Crippen molar-refractivity contribution in [3.05, 3.63) is 29.0 Å². The van der Waals surface area contributed by atoms with Crippen molar-refractivity contribution in [2.24, 2.45) is 0 Å². The second kappa shape index (κ2) is 5.51. The van der Waals surface area contributed by atoms with Gasteiger partial charge in [0.05, 0.1) is 0 Å². The fraction of sp³-hybridized carbons (Fsp3) is 0.615. The Morgan fingerprint density at radius 2 is 2.00 bits per heavy atom. The summed E-state index contributed by atoms with van der Waals surface area (Å²) in [5.41, 5.74) is 0.996. The van der Waals surface area contributed by atoms with E-state index in [-0.39, 0.29) is 5.04 Å². The van der Waals surface area contributed by atoms with Gasteiger partial charge in [0.1, 0.15) is 0 Å². The zero-order valence-electron chi connectivity index (χ0n) is 11.4. The van der Waals surface area contributed by atoms with Crippen LogP contribution in [0.5, 0.6) is 0 Å². The summed E-state index contributed by atoms with van der Waals surface area (Å²) in [4.78, 5) is 4.27. The molecule has 0 aromatic carbocycles. The van der Waals surface area contributed by atoms with Crippen molar-refractivity contribution in [1.82, 2.24) is 4.98 Å². The average Bonchev–Trinajstić information content (AvgIpc) is 2.15. The molecule has 0 bridgehead atoms. The smallest absolute Gasteiger partial charge is 0.191 e. The van der Waals surface area contributed by atoms with Crippen molar-refractivity contribution in [2.45, 2.75) is 45.3 Å². The molecule has 96 valence electrons. The highest BCUT2D eigenvalue weighted by Gasteiger charge is 2.36. The molecule has 0 saturated heterocycles. The lowest BCUT2D eigenvalue weighted by Crippen LogP contribution is -2.41. The van der Waals surface area contributed by atoms with Gasteiger partial charge in [-0.15, -0.1) is 0 Å². The van der Waals surface area contributed by atoms with Crippen molar-refractivity contribution in [1.29, 1.82) is 0 Å². The summed E-state index contributed by atoms with van der Waals surface area (Å²) in [6.45, 7) is 12.0. The molecule has 17 heavy (non-hydrogen) atoms. The summed E-state index contributed by atoms with van der Waals surface area (Å²) in [6, 6.07) is 3.69. The van der Waals surface area contributed by atoms with Crippen LogP contribution in [0.3, 0.4) is 0 Å². The molecule has 1 aromatic rings. The van der Waals surface area contributed by atoms with Gasteiger partial charge in [-0.2, -0.15) is 0 Å². The zero-order valence-corrected chi connectivity index (χ0v) is 13.1. The van der Waals surface area contributed by atoms with E-state index in [4.69, 9.17) is 16.0 Å². The molecule has 2 nitrogen and oxygen atoms in total. The Kier molecular flexibility index (Phi) is 4.75. The van der Waals surface area contributed by atoms with Crippen molar-refractivity contribution in [2.75, 3.05) is 6.61 Å². The first kappa shape index (κ1) is 14.7. The van der Waals surface area contributed by atoms with E-state index in [9.17, 15) is 0 Å². The number of rotatable bonds is 4. The largest absolute Gasteiger partial charge is 0.416 e. The number of aromatic nitrogens is 1. The molecule has 1 aromatic heterocycles. The lowest BCUT2D eigenvalue weighted by Gasteiger charge is -2.36. The van der Waals surface area contributed by atoms with E-state index in [1.54, 1.807) is 12.3 Å². The first-order valence-corrected chi connectivity index (χ1v) is 9.25. The minimum Gasteiger partial charge on any atom is -0.416 e. The molecule has 4 heteroatoms. The molecule has 0 N–H and O–H groups in total. The summed E-state index contributed by atoms with van der Waals surface area (Å²) < 4.78 is 6.09. The van der Waals surface area contributed by atoms with Crippen LogP contribution in [-0.2, 0) is 10.8 Å². The molecule has 0 unspecified atom stereocenters. The van der Waals surface area contributed by atoms with Gasteiger partial charge in [-0.1, -0.05) is 32.4 Å². The highest BCUT2D eigenvalue weighted by atomic mass is 35.5. The second-order valence-corrected chi connectivity index (χ2v) is 11.1. The van der Waals surface area contributed by atoms with Crippen LogP contribution in [0, 0.1) is 0 Å². The topological polar surface area (TPSA) is 22.1 Å². The first-order valence-electron chi connectivity index (χ1n) is 5.97. The lowest BCUT2D eigenvalue weighted by atomic mass is 10.2. The number of hydrogen-bond acceptors (Lipinski definition) is 2. The maximum atomic E-state index is 6.09. The highest BCUT2D eigenvalue weighted by molar-refractivity contribution is 6.74. The van der Waals surface area contributed by atoms with E-state index in [1.807, 2.05) is 6.07 Å². The Morgan fingerprint density at radius 1 is 1.35 bits per heavy atom. The molecule has 0 fully saturated rings. The van der Waals surface area contributed by atoms with Crippen molar-refractivity contribution in [3.8, 4) is 0 Å². The molecule has 1 rings (SSSR count). The third-order valence-electron chi connectivity index (χ3n) is 3.41. The van der Waals surface area contributed by atoms with Crippen molar-refractivity contribution < 1.29 is 4.43 Å². The summed E-state index contributed by atoms with van der Waals surface area (Å²) in [5, 5.41) is 0.997. The Morgan fingerprint density at radius 3 is 2.53 bits per heavy atom. The van der Waals surface area contributed by atoms with Crippen LogP contribution in [-0.4, -0.2) is 19.9 Å². The number of nitrogens with zero attached hydrogens (tertiary/aromatic N) is 1. The van der Waals surface area contributed by atoms with Crippen LogP contribution in [0.25, 0.3) is 0 Å². The molecule has 1 heterocycles. The van der Waals surface area contributed by atoms with Gasteiger partial charge >= 0.3 is 0 Å². The fourth-order valence-electron chi connectivity index (χ4n) is 1.21. The Labute approximate surface area is 110 Å². The van der Waals surface area contributed by atoms with E-state index in [0.717, 1.165) is 23.7 Å². The Balaban J connectivity index is 2.48. The molecule has 0 aliphatic heterocycles. The SMILES string of the molecule is CC(C)(C)[Si](C)(C)OCCc1cc(Cl)ccn1. The molecule has 0 amide bonds. The van der Waals surface area contributed by atoms with Gasteiger partial charge in [-0.3, -0.25) is 4.98 Å². The van der Waals surface area contributed by atoms with Crippen LogP contribution in [0.4, 0.5) is 0 Å². The summed E-state index contributed by atoms with van der Waals surface area (Å²) in [6.07, 6.45) is 2.57. The molecule has 0 aliphatic rings. The lowest BCUT2D eigenvalue weighted by molar-refractivity contribution is 0.291. The van der Waals surface area contributed by atoms with Crippen LogP contribution >= 0.6 is 11.6 Å². The summed E-state index contributed by atoms with van der Waals surface area (Å²) in [7, 11) is -1.63. The van der Waals surface area contributed by atoms with Gasteiger partial charge < -0.3 is 4.43 Å². The number of halogens is 1. The molecule has 0 saturated carbocycles. The van der Waals surface area contributed by atoms with E-state index in [1.165, 1.54) is 0 Å². The van der Waals surface area contributed by atoms with E-state index < -0.39 is 8.32 Å². The maximum absolute atomic E-state index is 6.09. The Hall–Kier alpha value is -0.383. The predicted molar refractivity (Wildman–Crippen MR) is 76.1 cm³/mol. The molecule has 0 spiro atoms. The van der Waals surface area contributed by atoms with Crippen LogP contribution in [0.1, 0.15) is 26.5 Å². The van der Waals surface area contributed by atoms with Crippen LogP contribution < -0.4 is 0 Å². The predicted octanol–water partition coefficient (Wildman–Crippen LogP) is 4.30. The summed E-state index contributed by atoms with van der Waals surface area (Å²) >= 11 is 5.91. The molecular formula is C13H22ClNOSi. The van der Waals surface area contributed by atoms with Gasteiger partial charge in [0.2, 0.25) is 0 Å². The maximum Gasteiger partial charge on any atom is 0.191 e. The molecule has 0 atom stereocenters. The molecular weight excluding hydrogens is 250 g/mol. The minimum atomic E-state index is -1.63. The van der Waals surface area contributed by atoms with E-state index in [2.05, 4.69) is 38.8 Å². The minimum absolute atomic E-state index is 0.259. The van der Waals surface area contributed by atoms with Crippen LogP contribution in [0.15, 0.2) is 18.3 Å². The molecule has 0 radical (unpaired) electrons. The quantitative estimate of drug-likeness (QED) is 0.762. The number of pyridine rings is 1. The monoisotopic (exact) mass is 271 g/mol. The zero-order chi connectivity index (χ0) is 13.1. The average molecular weight is 272 g/mol.